The van der Waals surface area contributed by atoms with Crippen LogP contribution in [0.3, 0.4) is 0 Å². The number of hydrogen-bond acceptors (Lipinski definition) is 1. The second-order valence-corrected chi connectivity index (χ2v) is 2.32. The Kier molecular flexibility index (Phi) is 4.96. The van der Waals surface area contributed by atoms with Gasteiger partial charge in [-0.25, -0.2) is 0 Å². The van der Waals surface area contributed by atoms with Crippen LogP contribution < -0.4 is 0 Å². The first-order valence-corrected chi connectivity index (χ1v) is 3.18. The van der Waals surface area contributed by atoms with Crippen LogP contribution >= 0.6 is 0 Å². The standard InChI is InChI=1S/C7H10O2.Hg/c8-7(9)6-4-2-1-3-5-6;/h1-2,6H,3-5H2,(H,8,9);. The molecule has 0 aromatic heterocycles. The summed E-state index contributed by atoms with van der Waals surface area (Å²) in [6.07, 6.45) is 6.44. The molecule has 0 aromatic carbocycles. The van der Waals surface area contributed by atoms with E-state index in [1.54, 1.807) is 0 Å². The molecule has 0 bridgehead atoms. The van der Waals surface area contributed by atoms with Crippen molar-refractivity contribution in [3.8, 4) is 0 Å². The quantitative estimate of drug-likeness (QED) is 0.584. The Balaban J connectivity index is 0.000000810. The topological polar surface area (TPSA) is 37.3 Å². The van der Waals surface area contributed by atoms with Crippen molar-refractivity contribution in [3.05, 3.63) is 12.2 Å². The molecule has 0 fully saturated rings. The monoisotopic (exact) mass is 328 g/mol. The molecule has 2 nitrogen and oxygen atoms in total. The van der Waals surface area contributed by atoms with Gasteiger partial charge in [-0.2, -0.15) is 0 Å². The van der Waals surface area contributed by atoms with Gasteiger partial charge in [0, 0.05) is 27.7 Å². The van der Waals surface area contributed by atoms with Crippen molar-refractivity contribution in [1.29, 1.82) is 0 Å². The summed E-state index contributed by atoms with van der Waals surface area (Å²) in [5.74, 6) is -0.769. The molecule has 52 valence electrons. The third-order valence-corrected chi connectivity index (χ3v) is 1.62. The molecule has 1 aliphatic rings. The van der Waals surface area contributed by atoms with Crippen LogP contribution in [0.5, 0.6) is 0 Å². The molecule has 0 aliphatic heterocycles. The second kappa shape index (κ2) is 4.88. The molecule has 1 N–H and O–H groups in total. The fraction of sp³-hybridized carbons (Fsp3) is 0.571. The Bertz CT molecular complexity index is 143. The van der Waals surface area contributed by atoms with Gasteiger partial charge in [0.05, 0.1) is 5.92 Å². The van der Waals surface area contributed by atoms with Gasteiger partial charge in [-0.05, 0) is 19.3 Å². The minimum Gasteiger partial charge on any atom is -0.481 e. The van der Waals surface area contributed by atoms with Crippen LogP contribution in [0.15, 0.2) is 12.2 Å². The fourth-order valence-corrected chi connectivity index (χ4v) is 1.02. The van der Waals surface area contributed by atoms with E-state index in [1.165, 1.54) is 0 Å². The van der Waals surface area contributed by atoms with E-state index >= 15 is 0 Å². The molecule has 0 saturated heterocycles. The average molecular weight is 327 g/mol. The molecule has 0 saturated carbocycles. The Hall–Kier alpha value is 0.145. The Morgan fingerprint density at radius 2 is 2.20 bits per heavy atom. The van der Waals surface area contributed by atoms with Crippen LogP contribution in [0.4, 0.5) is 0 Å². The van der Waals surface area contributed by atoms with Crippen LogP contribution in [0, 0.1) is 5.92 Å². The van der Waals surface area contributed by atoms with E-state index in [2.05, 4.69) is 0 Å². The van der Waals surface area contributed by atoms with Crippen molar-refractivity contribution < 1.29 is 37.6 Å². The Labute approximate surface area is 80.8 Å². The molecule has 0 amide bonds. The second-order valence-electron chi connectivity index (χ2n) is 2.32. The van der Waals surface area contributed by atoms with Crippen molar-refractivity contribution in [3.63, 3.8) is 0 Å². The molecule has 0 spiro atoms. The summed E-state index contributed by atoms with van der Waals surface area (Å²) in [7, 11) is 0. The minimum atomic E-state index is -0.653. The molecule has 1 aliphatic carbocycles. The summed E-state index contributed by atoms with van der Waals surface area (Å²) < 4.78 is 0. The molecule has 0 radical (unpaired) electrons. The van der Waals surface area contributed by atoms with E-state index in [0.29, 0.717) is 0 Å². The van der Waals surface area contributed by atoms with Gasteiger partial charge in [-0.1, -0.05) is 12.2 Å². The van der Waals surface area contributed by atoms with Gasteiger partial charge in [0.15, 0.2) is 0 Å². The normalized spacial score (nSPS) is 23.4. The smallest absolute Gasteiger partial charge is 0.306 e. The summed E-state index contributed by atoms with van der Waals surface area (Å²) in [5.41, 5.74) is 0. The van der Waals surface area contributed by atoms with Gasteiger partial charge < -0.3 is 5.11 Å². The van der Waals surface area contributed by atoms with Gasteiger partial charge in [0.2, 0.25) is 0 Å². The van der Waals surface area contributed by atoms with Crippen molar-refractivity contribution in [1.82, 2.24) is 0 Å². The van der Waals surface area contributed by atoms with Crippen molar-refractivity contribution in [2.75, 3.05) is 0 Å². The maximum absolute atomic E-state index is 10.3. The summed E-state index contributed by atoms with van der Waals surface area (Å²) >= 11 is 0. The number of carbonyl (C=O) groups is 1. The fourth-order valence-electron chi connectivity index (χ4n) is 1.02. The number of rotatable bonds is 1. The molecule has 1 unspecified atom stereocenters. The molecular formula is C7H10HgO2. The summed E-state index contributed by atoms with van der Waals surface area (Å²) in [4.78, 5) is 10.3. The van der Waals surface area contributed by atoms with Gasteiger partial charge in [0.1, 0.15) is 0 Å². The first kappa shape index (κ1) is 10.1. The molecule has 10 heavy (non-hydrogen) atoms. The number of carboxylic acid groups (broad SMARTS) is 1. The van der Waals surface area contributed by atoms with Crippen LogP contribution in [-0.2, 0) is 32.5 Å². The minimum absolute atomic E-state index is 0. The van der Waals surface area contributed by atoms with E-state index in [1.807, 2.05) is 12.2 Å². The SMILES string of the molecule is O=C(O)C1CC=CCC1.[Hg]. The molecule has 1 atom stereocenters. The summed E-state index contributed by atoms with van der Waals surface area (Å²) in [6.45, 7) is 0. The molecule has 1 rings (SSSR count). The first-order chi connectivity index (χ1) is 4.30. The van der Waals surface area contributed by atoms with E-state index in [9.17, 15) is 4.79 Å². The molecular weight excluding hydrogens is 317 g/mol. The number of allylic oxidation sites excluding steroid dienone is 2. The van der Waals surface area contributed by atoms with E-state index in [4.69, 9.17) is 5.11 Å². The predicted octanol–water partition coefficient (Wildman–Crippen LogP) is 1.42. The van der Waals surface area contributed by atoms with Crippen LogP contribution in [0.25, 0.3) is 0 Å². The Morgan fingerprint density at radius 1 is 1.50 bits per heavy atom. The van der Waals surface area contributed by atoms with Crippen molar-refractivity contribution >= 4 is 5.97 Å². The zero-order valence-corrected chi connectivity index (χ0v) is 11.4. The maximum atomic E-state index is 10.3. The largest absolute Gasteiger partial charge is 0.481 e. The maximum Gasteiger partial charge on any atom is 0.306 e. The Morgan fingerprint density at radius 3 is 2.50 bits per heavy atom. The van der Waals surface area contributed by atoms with E-state index < -0.39 is 5.97 Å². The van der Waals surface area contributed by atoms with Crippen molar-refractivity contribution in [2.24, 2.45) is 5.92 Å². The first-order valence-electron chi connectivity index (χ1n) is 3.18. The molecule has 0 heterocycles. The molecule has 3 heteroatoms. The molecule has 0 aromatic rings. The summed E-state index contributed by atoms with van der Waals surface area (Å²) in [5, 5.41) is 8.50. The van der Waals surface area contributed by atoms with E-state index in [0.717, 1.165) is 19.3 Å². The third-order valence-electron chi connectivity index (χ3n) is 1.62. The van der Waals surface area contributed by atoms with Crippen molar-refractivity contribution in [2.45, 2.75) is 19.3 Å². The zero-order chi connectivity index (χ0) is 6.69. The van der Waals surface area contributed by atoms with Gasteiger partial charge >= 0.3 is 5.97 Å². The number of hydrogen-bond donors (Lipinski definition) is 1. The van der Waals surface area contributed by atoms with Gasteiger partial charge in [-0.15, -0.1) is 0 Å². The van der Waals surface area contributed by atoms with Crippen LogP contribution in [0.1, 0.15) is 19.3 Å². The van der Waals surface area contributed by atoms with Gasteiger partial charge in [0.25, 0.3) is 0 Å². The van der Waals surface area contributed by atoms with E-state index in [-0.39, 0.29) is 33.6 Å². The number of aliphatic carboxylic acids is 1. The number of carboxylic acids is 1. The average Bonchev–Trinajstić information content (AvgIpc) is 1.90. The summed E-state index contributed by atoms with van der Waals surface area (Å²) in [6, 6.07) is 0. The van der Waals surface area contributed by atoms with Crippen LogP contribution in [0.2, 0.25) is 0 Å². The van der Waals surface area contributed by atoms with Crippen LogP contribution in [-0.4, -0.2) is 11.1 Å². The zero-order valence-electron chi connectivity index (χ0n) is 5.92. The third kappa shape index (κ3) is 2.82. The predicted molar refractivity (Wildman–Crippen MR) is 34.1 cm³/mol. The van der Waals surface area contributed by atoms with Gasteiger partial charge in [-0.3, -0.25) is 4.79 Å².